The fourth-order valence-corrected chi connectivity index (χ4v) is 3.94. The fourth-order valence-electron chi connectivity index (χ4n) is 3.94. The zero-order valence-corrected chi connectivity index (χ0v) is 20.1. The normalized spacial score (nSPS) is 17.8. The second-order valence-electron chi connectivity index (χ2n) is 8.22. The van der Waals surface area contributed by atoms with Gasteiger partial charge in [0.05, 0.1) is 0 Å². The molecular formula is C22H38IN5. The molecule has 2 fully saturated rings. The van der Waals surface area contributed by atoms with Crippen LogP contribution in [0.3, 0.4) is 0 Å². The summed E-state index contributed by atoms with van der Waals surface area (Å²) in [6, 6.07) is 10.4. The van der Waals surface area contributed by atoms with Gasteiger partial charge in [-0.15, -0.1) is 24.0 Å². The van der Waals surface area contributed by atoms with Crippen LogP contribution in [0.2, 0.25) is 0 Å². The van der Waals surface area contributed by atoms with Crippen LogP contribution in [0.15, 0.2) is 29.3 Å². The number of hydrogen-bond acceptors (Lipinski definition) is 3. The molecule has 1 heterocycles. The molecule has 158 valence electrons. The second-order valence-corrected chi connectivity index (χ2v) is 8.22. The first-order valence-electron chi connectivity index (χ1n) is 10.7. The van der Waals surface area contributed by atoms with Gasteiger partial charge in [-0.05, 0) is 63.7 Å². The van der Waals surface area contributed by atoms with E-state index in [1.54, 1.807) is 0 Å². The van der Waals surface area contributed by atoms with Crippen molar-refractivity contribution in [3.05, 3.63) is 35.4 Å². The van der Waals surface area contributed by atoms with E-state index < -0.39 is 0 Å². The molecule has 2 N–H and O–H groups in total. The molecule has 1 aliphatic carbocycles. The Kier molecular flexibility index (Phi) is 10.0. The van der Waals surface area contributed by atoms with Crippen molar-refractivity contribution in [1.82, 2.24) is 20.4 Å². The summed E-state index contributed by atoms with van der Waals surface area (Å²) in [5.41, 5.74) is 2.71. The van der Waals surface area contributed by atoms with Crippen molar-refractivity contribution in [1.29, 1.82) is 0 Å². The molecule has 0 unspecified atom stereocenters. The van der Waals surface area contributed by atoms with Crippen LogP contribution >= 0.6 is 24.0 Å². The molecule has 28 heavy (non-hydrogen) atoms. The van der Waals surface area contributed by atoms with Gasteiger partial charge < -0.3 is 10.6 Å². The van der Waals surface area contributed by atoms with Gasteiger partial charge in [0.1, 0.15) is 0 Å². The lowest BCUT2D eigenvalue weighted by Gasteiger charge is -2.26. The average molecular weight is 499 g/mol. The van der Waals surface area contributed by atoms with E-state index in [4.69, 9.17) is 0 Å². The van der Waals surface area contributed by atoms with E-state index in [9.17, 15) is 0 Å². The maximum absolute atomic E-state index is 4.36. The minimum absolute atomic E-state index is 0. The summed E-state index contributed by atoms with van der Waals surface area (Å²) >= 11 is 0. The Bertz CT molecular complexity index is 589. The van der Waals surface area contributed by atoms with Gasteiger partial charge in [0.25, 0.3) is 0 Å². The van der Waals surface area contributed by atoms with Crippen LogP contribution < -0.4 is 10.6 Å². The quantitative estimate of drug-likeness (QED) is 0.311. The predicted molar refractivity (Wildman–Crippen MR) is 129 cm³/mol. The first-order chi connectivity index (χ1) is 13.2. The van der Waals surface area contributed by atoms with Gasteiger partial charge in [-0.25, -0.2) is 0 Å². The highest BCUT2D eigenvalue weighted by Crippen LogP contribution is 2.27. The van der Waals surface area contributed by atoms with E-state index in [2.05, 4.69) is 63.5 Å². The number of nitrogens with one attached hydrogen (secondary N) is 2. The van der Waals surface area contributed by atoms with E-state index in [1.165, 1.54) is 49.9 Å². The van der Waals surface area contributed by atoms with Crippen LogP contribution in [-0.4, -0.2) is 61.1 Å². The van der Waals surface area contributed by atoms with Gasteiger partial charge >= 0.3 is 0 Å². The van der Waals surface area contributed by atoms with E-state index in [0.29, 0.717) is 6.04 Å². The van der Waals surface area contributed by atoms with Crippen molar-refractivity contribution in [2.24, 2.45) is 4.99 Å². The summed E-state index contributed by atoms with van der Waals surface area (Å²) in [5.74, 6) is 0.885. The minimum Gasteiger partial charge on any atom is -0.355 e. The molecule has 0 radical (unpaired) electrons. The smallest absolute Gasteiger partial charge is 0.191 e. The van der Waals surface area contributed by atoms with Crippen molar-refractivity contribution >= 4 is 29.9 Å². The summed E-state index contributed by atoms with van der Waals surface area (Å²) in [4.78, 5) is 9.50. The number of guanidine groups is 1. The molecule has 6 heteroatoms. The van der Waals surface area contributed by atoms with Crippen LogP contribution in [0.5, 0.6) is 0 Å². The topological polar surface area (TPSA) is 42.9 Å². The summed E-state index contributed by atoms with van der Waals surface area (Å²) in [5, 5.41) is 6.89. The van der Waals surface area contributed by atoms with Crippen molar-refractivity contribution in [3.8, 4) is 0 Å². The molecule has 1 aliphatic heterocycles. The van der Waals surface area contributed by atoms with Crippen molar-refractivity contribution in [3.63, 3.8) is 0 Å². The maximum Gasteiger partial charge on any atom is 0.191 e. The summed E-state index contributed by atoms with van der Waals surface area (Å²) in [6.45, 7) is 11.0. The first-order valence-corrected chi connectivity index (χ1v) is 10.7. The summed E-state index contributed by atoms with van der Waals surface area (Å²) in [6.07, 6.45) is 5.42. The number of halogens is 1. The van der Waals surface area contributed by atoms with Crippen molar-refractivity contribution in [2.75, 3.05) is 33.2 Å². The Morgan fingerprint density at radius 1 is 1.11 bits per heavy atom. The van der Waals surface area contributed by atoms with Crippen LogP contribution in [0, 0.1) is 0 Å². The van der Waals surface area contributed by atoms with Gasteiger partial charge in [-0.3, -0.25) is 14.8 Å². The molecule has 0 aromatic heterocycles. The predicted octanol–water partition coefficient (Wildman–Crippen LogP) is 3.44. The lowest BCUT2D eigenvalue weighted by Crippen LogP contribution is -2.43. The third-order valence-electron chi connectivity index (χ3n) is 5.65. The molecule has 0 amide bonds. The lowest BCUT2D eigenvalue weighted by atomic mass is 10.1. The Labute approximate surface area is 188 Å². The van der Waals surface area contributed by atoms with E-state index in [0.717, 1.165) is 38.2 Å². The van der Waals surface area contributed by atoms with Gasteiger partial charge in [0.15, 0.2) is 5.96 Å². The monoisotopic (exact) mass is 499 g/mol. The fraction of sp³-hybridized carbons (Fsp3) is 0.682. The van der Waals surface area contributed by atoms with E-state index >= 15 is 0 Å². The molecule has 1 saturated carbocycles. The highest BCUT2D eigenvalue weighted by Gasteiger charge is 2.30. The van der Waals surface area contributed by atoms with Crippen LogP contribution in [0.1, 0.15) is 50.7 Å². The highest BCUT2D eigenvalue weighted by molar-refractivity contribution is 14.0. The van der Waals surface area contributed by atoms with Crippen LogP contribution in [0.4, 0.5) is 0 Å². The zero-order chi connectivity index (χ0) is 19.1. The number of nitrogens with zero attached hydrogens (tertiary/aromatic N) is 3. The van der Waals surface area contributed by atoms with Crippen molar-refractivity contribution in [2.45, 2.75) is 64.7 Å². The van der Waals surface area contributed by atoms with Gasteiger partial charge in [-0.2, -0.15) is 0 Å². The molecular weight excluding hydrogens is 461 g/mol. The molecule has 5 nitrogen and oxygen atoms in total. The minimum atomic E-state index is 0. The number of aliphatic imine (C=N–C) groups is 1. The third-order valence-corrected chi connectivity index (χ3v) is 5.65. The van der Waals surface area contributed by atoms with E-state index in [-0.39, 0.29) is 24.0 Å². The van der Waals surface area contributed by atoms with Gasteiger partial charge in [0, 0.05) is 45.3 Å². The van der Waals surface area contributed by atoms with Gasteiger partial charge in [-0.1, -0.05) is 24.3 Å². The average Bonchev–Trinajstić information content (AvgIpc) is 3.38. The Morgan fingerprint density at radius 3 is 2.32 bits per heavy atom. The van der Waals surface area contributed by atoms with Gasteiger partial charge in [0.2, 0.25) is 0 Å². The Hall–Kier alpha value is -0.860. The molecule has 0 spiro atoms. The number of likely N-dealkylation sites (tertiary alicyclic amines) is 1. The third kappa shape index (κ3) is 7.52. The number of benzene rings is 1. The molecule has 0 atom stereocenters. The summed E-state index contributed by atoms with van der Waals surface area (Å²) in [7, 11) is 1.84. The van der Waals surface area contributed by atoms with E-state index in [1.807, 2.05) is 7.05 Å². The molecule has 2 aliphatic rings. The molecule has 0 bridgehead atoms. The molecule has 3 rings (SSSR count). The molecule has 1 aromatic carbocycles. The molecule has 1 saturated heterocycles. The summed E-state index contributed by atoms with van der Waals surface area (Å²) < 4.78 is 0. The highest BCUT2D eigenvalue weighted by atomic mass is 127. The zero-order valence-electron chi connectivity index (χ0n) is 17.8. The first kappa shape index (κ1) is 23.4. The Balaban J connectivity index is 0.00000280. The largest absolute Gasteiger partial charge is 0.355 e. The Morgan fingerprint density at radius 2 is 1.75 bits per heavy atom. The maximum atomic E-state index is 4.36. The number of rotatable bonds is 9. The van der Waals surface area contributed by atoms with Crippen molar-refractivity contribution < 1.29 is 0 Å². The number of hydrogen-bond donors (Lipinski definition) is 2. The standard InChI is InChI=1S/C22H37N5.HI/c1-18(2)27(21-10-11-21)15-12-24-22(23-3)25-16-19-6-8-20(9-7-19)17-26-13-4-5-14-26;/h6-9,18,21H,4-5,10-17H2,1-3H3,(H2,23,24,25);1H. The second kappa shape index (κ2) is 12.0. The molecule has 1 aromatic rings. The van der Waals surface area contributed by atoms with Crippen LogP contribution in [-0.2, 0) is 13.1 Å². The lowest BCUT2D eigenvalue weighted by molar-refractivity contribution is 0.215. The van der Waals surface area contributed by atoms with Crippen LogP contribution in [0.25, 0.3) is 0 Å². The SMILES string of the molecule is CN=C(NCCN(C(C)C)C1CC1)NCc1ccc(CN2CCCC2)cc1.I.